The zero-order chi connectivity index (χ0) is 10.7. The van der Waals surface area contributed by atoms with Crippen molar-refractivity contribution < 1.29 is 13.9 Å². The lowest BCUT2D eigenvalue weighted by atomic mass is 10.1. The van der Waals surface area contributed by atoms with E-state index >= 15 is 0 Å². The lowest BCUT2D eigenvalue weighted by Crippen LogP contribution is -2.04. The second-order valence-electron chi connectivity index (χ2n) is 2.72. The summed E-state index contributed by atoms with van der Waals surface area (Å²) in [6.45, 7) is 1.65. The van der Waals surface area contributed by atoms with Gasteiger partial charge in [0.1, 0.15) is 5.75 Å². The molecule has 1 aromatic rings. The van der Waals surface area contributed by atoms with E-state index in [0.717, 1.165) is 0 Å². The van der Waals surface area contributed by atoms with E-state index in [1.165, 1.54) is 19.2 Å². The zero-order valence-electron chi connectivity index (χ0n) is 7.93. The van der Waals surface area contributed by atoms with Crippen LogP contribution in [0.3, 0.4) is 0 Å². The molecule has 0 unspecified atom stereocenters. The van der Waals surface area contributed by atoms with Crippen LogP contribution in [0, 0.1) is 5.82 Å². The Morgan fingerprint density at radius 1 is 1.57 bits per heavy atom. The maximum Gasteiger partial charge on any atom is 0.169 e. The highest BCUT2D eigenvalue weighted by Crippen LogP contribution is 2.28. The van der Waals surface area contributed by atoms with Crippen LogP contribution in [0.15, 0.2) is 12.1 Å². The molecule has 0 aromatic heterocycles. The summed E-state index contributed by atoms with van der Waals surface area (Å²) >= 11 is 5.56. The molecule has 4 heteroatoms. The standard InChI is InChI=1S/C10H10ClFO2/c1-3-7(13)9-8(14-2)5-4-6(11)10(9)12/h4-5H,3H2,1-2H3. The van der Waals surface area contributed by atoms with Crippen LogP contribution in [-0.4, -0.2) is 12.9 Å². The number of ketones is 1. The van der Waals surface area contributed by atoms with Gasteiger partial charge in [0.25, 0.3) is 0 Å². The first-order valence-corrected chi connectivity index (χ1v) is 4.54. The van der Waals surface area contributed by atoms with Crippen molar-refractivity contribution >= 4 is 17.4 Å². The Balaban J connectivity index is 3.35. The highest BCUT2D eigenvalue weighted by Gasteiger charge is 2.18. The van der Waals surface area contributed by atoms with Gasteiger partial charge in [-0.2, -0.15) is 0 Å². The van der Waals surface area contributed by atoms with E-state index in [4.69, 9.17) is 16.3 Å². The number of rotatable bonds is 3. The Hall–Kier alpha value is -1.09. The van der Waals surface area contributed by atoms with Gasteiger partial charge in [-0.05, 0) is 12.1 Å². The van der Waals surface area contributed by atoms with Gasteiger partial charge in [-0.25, -0.2) is 4.39 Å². The van der Waals surface area contributed by atoms with Gasteiger partial charge in [0.2, 0.25) is 0 Å². The van der Waals surface area contributed by atoms with Crippen LogP contribution in [0.4, 0.5) is 4.39 Å². The van der Waals surface area contributed by atoms with Crippen LogP contribution < -0.4 is 4.74 Å². The quantitative estimate of drug-likeness (QED) is 0.726. The molecule has 0 saturated carbocycles. The second kappa shape index (κ2) is 4.42. The van der Waals surface area contributed by atoms with Crippen molar-refractivity contribution in [2.75, 3.05) is 7.11 Å². The van der Waals surface area contributed by atoms with Gasteiger partial charge in [0, 0.05) is 6.42 Å². The smallest absolute Gasteiger partial charge is 0.169 e. The topological polar surface area (TPSA) is 26.3 Å². The highest BCUT2D eigenvalue weighted by atomic mass is 35.5. The summed E-state index contributed by atoms with van der Waals surface area (Å²) in [6.07, 6.45) is 0.216. The number of hydrogen-bond donors (Lipinski definition) is 0. The Kier molecular flexibility index (Phi) is 3.47. The maximum absolute atomic E-state index is 13.5. The summed E-state index contributed by atoms with van der Waals surface area (Å²) in [5, 5.41) is -0.0670. The molecule has 0 aliphatic heterocycles. The van der Waals surface area contributed by atoms with Crippen molar-refractivity contribution in [2.45, 2.75) is 13.3 Å². The van der Waals surface area contributed by atoms with Crippen LogP contribution in [0.5, 0.6) is 5.75 Å². The lowest BCUT2D eigenvalue weighted by molar-refractivity contribution is 0.0981. The number of methoxy groups -OCH3 is 1. The van der Waals surface area contributed by atoms with Crippen molar-refractivity contribution in [3.05, 3.63) is 28.5 Å². The molecule has 1 rings (SSSR count). The first kappa shape index (κ1) is 11.0. The van der Waals surface area contributed by atoms with Gasteiger partial charge < -0.3 is 4.74 Å². The van der Waals surface area contributed by atoms with E-state index in [-0.39, 0.29) is 28.5 Å². The minimum absolute atomic E-state index is 0.0670. The maximum atomic E-state index is 13.5. The fourth-order valence-corrected chi connectivity index (χ4v) is 1.30. The molecule has 0 heterocycles. The molecular weight excluding hydrogens is 207 g/mol. The van der Waals surface area contributed by atoms with Gasteiger partial charge in [-0.3, -0.25) is 4.79 Å². The minimum atomic E-state index is -0.710. The molecule has 1 aromatic carbocycles. The van der Waals surface area contributed by atoms with Crippen molar-refractivity contribution in [3.8, 4) is 5.75 Å². The van der Waals surface area contributed by atoms with Crippen molar-refractivity contribution in [1.29, 1.82) is 0 Å². The number of benzene rings is 1. The number of Topliss-reactive ketones (excluding diaryl/α,β-unsaturated/α-hetero) is 1. The molecule has 0 aliphatic rings. The molecule has 0 bridgehead atoms. The molecular formula is C10H10ClFO2. The average Bonchev–Trinajstić information content (AvgIpc) is 2.20. The van der Waals surface area contributed by atoms with Crippen LogP contribution in [0.1, 0.15) is 23.7 Å². The van der Waals surface area contributed by atoms with Gasteiger partial charge in [0.05, 0.1) is 17.7 Å². The molecule has 0 amide bonds. The third-order valence-corrected chi connectivity index (χ3v) is 2.17. The number of ether oxygens (including phenoxy) is 1. The van der Waals surface area contributed by atoms with Crippen molar-refractivity contribution in [1.82, 2.24) is 0 Å². The van der Waals surface area contributed by atoms with E-state index in [1.54, 1.807) is 6.92 Å². The minimum Gasteiger partial charge on any atom is -0.496 e. The molecule has 0 radical (unpaired) electrons. The van der Waals surface area contributed by atoms with Gasteiger partial charge in [-0.15, -0.1) is 0 Å². The first-order valence-electron chi connectivity index (χ1n) is 4.17. The van der Waals surface area contributed by atoms with E-state index in [1.807, 2.05) is 0 Å². The number of carbonyl (C=O) groups is 1. The molecule has 0 aliphatic carbocycles. The van der Waals surface area contributed by atoms with Gasteiger partial charge in [0.15, 0.2) is 11.6 Å². The number of carbonyl (C=O) groups excluding carboxylic acids is 1. The molecule has 0 fully saturated rings. The summed E-state index contributed by atoms with van der Waals surface area (Å²) in [7, 11) is 1.38. The molecule has 0 N–H and O–H groups in total. The van der Waals surface area contributed by atoms with Crippen LogP contribution in [-0.2, 0) is 0 Å². The lowest BCUT2D eigenvalue weighted by Gasteiger charge is -2.08. The van der Waals surface area contributed by atoms with E-state index in [9.17, 15) is 9.18 Å². The molecule has 76 valence electrons. The first-order chi connectivity index (χ1) is 6.61. The van der Waals surface area contributed by atoms with E-state index in [2.05, 4.69) is 0 Å². The molecule has 14 heavy (non-hydrogen) atoms. The van der Waals surface area contributed by atoms with Crippen LogP contribution >= 0.6 is 11.6 Å². The molecule has 2 nitrogen and oxygen atoms in total. The largest absolute Gasteiger partial charge is 0.496 e. The van der Waals surface area contributed by atoms with Gasteiger partial charge >= 0.3 is 0 Å². The van der Waals surface area contributed by atoms with Crippen LogP contribution in [0.25, 0.3) is 0 Å². The van der Waals surface area contributed by atoms with Crippen molar-refractivity contribution in [2.24, 2.45) is 0 Å². The van der Waals surface area contributed by atoms with E-state index in [0.29, 0.717) is 0 Å². The Morgan fingerprint density at radius 3 is 2.71 bits per heavy atom. The summed E-state index contributed by atoms with van der Waals surface area (Å²) in [5.74, 6) is -0.807. The molecule has 0 atom stereocenters. The monoisotopic (exact) mass is 216 g/mol. The number of halogens is 2. The predicted octanol–water partition coefficient (Wildman–Crippen LogP) is 3.08. The zero-order valence-corrected chi connectivity index (χ0v) is 8.69. The SMILES string of the molecule is CCC(=O)c1c(OC)ccc(Cl)c1F. The summed E-state index contributed by atoms with van der Waals surface area (Å²) in [4.78, 5) is 11.4. The number of hydrogen-bond acceptors (Lipinski definition) is 2. The van der Waals surface area contributed by atoms with Crippen LogP contribution in [0.2, 0.25) is 5.02 Å². The van der Waals surface area contributed by atoms with Crippen molar-refractivity contribution in [3.63, 3.8) is 0 Å². The Labute approximate surface area is 86.6 Å². The molecule has 0 spiro atoms. The summed E-state index contributed by atoms with van der Waals surface area (Å²) in [6, 6.07) is 2.84. The van der Waals surface area contributed by atoms with E-state index < -0.39 is 5.82 Å². The molecule has 0 saturated heterocycles. The Bertz CT molecular complexity index is 363. The summed E-state index contributed by atoms with van der Waals surface area (Å²) in [5.41, 5.74) is -0.0671. The highest BCUT2D eigenvalue weighted by molar-refractivity contribution is 6.31. The summed E-state index contributed by atoms with van der Waals surface area (Å²) < 4.78 is 18.3. The third kappa shape index (κ3) is 1.87. The third-order valence-electron chi connectivity index (χ3n) is 1.88. The predicted molar refractivity (Wildman–Crippen MR) is 52.6 cm³/mol. The Morgan fingerprint density at radius 2 is 2.21 bits per heavy atom. The average molecular weight is 217 g/mol. The fraction of sp³-hybridized carbons (Fsp3) is 0.300. The fourth-order valence-electron chi connectivity index (χ4n) is 1.14. The van der Waals surface area contributed by atoms with Gasteiger partial charge in [-0.1, -0.05) is 18.5 Å². The second-order valence-corrected chi connectivity index (χ2v) is 3.12. The normalized spacial score (nSPS) is 10.0.